The third-order valence-electron chi connectivity index (χ3n) is 4.77. The summed E-state index contributed by atoms with van der Waals surface area (Å²) < 4.78 is 0. The van der Waals surface area contributed by atoms with Gasteiger partial charge < -0.3 is 11.6 Å². The lowest BCUT2D eigenvalue weighted by atomic mass is 9.69. The lowest BCUT2D eigenvalue weighted by molar-refractivity contribution is 0.137. The first-order valence-corrected chi connectivity index (χ1v) is 5.73. The fourth-order valence-corrected chi connectivity index (χ4v) is 3.56. The normalized spacial score (nSPS) is 37.7. The quantitative estimate of drug-likeness (QED) is 0.694. The highest BCUT2D eigenvalue weighted by molar-refractivity contribution is 4.93. The van der Waals surface area contributed by atoms with Crippen LogP contribution in [0.3, 0.4) is 0 Å². The molecule has 14 heavy (non-hydrogen) atoms. The van der Waals surface area contributed by atoms with Crippen molar-refractivity contribution in [1.82, 2.24) is 6.15 Å². The van der Waals surface area contributed by atoms with Gasteiger partial charge in [-0.05, 0) is 36.5 Å². The van der Waals surface area contributed by atoms with Gasteiger partial charge in [-0.2, -0.15) is 0 Å². The van der Waals surface area contributed by atoms with Crippen molar-refractivity contribution in [3.05, 3.63) is 0 Å². The van der Waals surface area contributed by atoms with Crippen LogP contribution < -0.4 is 6.15 Å². The molecule has 2 atom stereocenters. The molecule has 0 heterocycles. The minimum absolute atomic E-state index is 0. The molecule has 0 aromatic rings. The zero-order chi connectivity index (χ0) is 8.60. The van der Waals surface area contributed by atoms with Gasteiger partial charge in [0.1, 0.15) is 0 Å². The topological polar surface area (TPSA) is 66.5 Å². The first kappa shape index (κ1) is 13.9. The van der Waals surface area contributed by atoms with E-state index in [2.05, 4.69) is 13.8 Å². The Bertz CT molecular complexity index is 166. The summed E-state index contributed by atoms with van der Waals surface area (Å²) in [5.74, 6) is 2.08. The maximum Gasteiger partial charge on any atom is -0.0272 e. The van der Waals surface area contributed by atoms with E-state index in [0.717, 1.165) is 17.3 Å². The molecule has 2 aliphatic carbocycles. The maximum absolute atomic E-state index is 2.56. The lowest BCUT2D eigenvalue weighted by Gasteiger charge is -2.35. The summed E-state index contributed by atoms with van der Waals surface area (Å²) in [6.07, 6.45) is 10.6. The van der Waals surface area contributed by atoms with Crippen molar-refractivity contribution in [2.45, 2.75) is 58.8 Å². The van der Waals surface area contributed by atoms with Gasteiger partial charge in [-0.25, -0.2) is 0 Å². The van der Waals surface area contributed by atoms with E-state index >= 15 is 0 Å². The first-order valence-electron chi connectivity index (χ1n) is 5.73. The zero-order valence-electron chi connectivity index (χ0n) is 9.81. The van der Waals surface area contributed by atoms with Crippen molar-refractivity contribution in [2.24, 2.45) is 17.3 Å². The van der Waals surface area contributed by atoms with Gasteiger partial charge in [0.05, 0.1) is 0 Å². The molecular formula is C12H27NO. The van der Waals surface area contributed by atoms with E-state index in [1.807, 2.05) is 0 Å². The molecule has 0 spiro atoms. The zero-order valence-corrected chi connectivity index (χ0v) is 9.81. The van der Waals surface area contributed by atoms with Gasteiger partial charge in [-0.15, -0.1) is 0 Å². The molecule has 2 unspecified atom stereocenters. The molecule has 2 rings (SSSR count). The van der Waals surface area contributed by atoms with Gasteiger partial charge in [-0.3, -0.25) is 0 Å². The summed E-state index contributed by atoms with van der Waals surface area (Å²) in [6, 6.07) is 0. The second-order valence-electron chi connectivity index (χ2n) is 5.28. The highest BCUT2D eigenvalue weighted by atomic mass is 16.0. The monoisotopic (exact) mass is 201 g/mol. The Labute approximate surface area is 88.4 Å². The summed E-state index contributed by atoms with van der Waals surface area (Å²) in [4.78, 5) is 0. The van der Waals surface area contributed by atoms with Crippen LogP contribution in [0.2, 0.25) is 0 Å². The van der Waals surface area contributed by atoms with E-state index in [9.17, 15) is 0 Å². The predicted octanol–water partition coefficient (Wildman–Crippen LogP) is 3.34. The maximum atomic E-state index is 2.56. The molecule has 0 bridgehead atoms. The average Bonchev–Trinajstić information content (AvgIpc) is 2.62. The van der Waals surface area contributed by atoms with Crippen molar-refractivity contribution in [2.75, 3.05) is 0 Å². The Kier molecular flexibility index (Phi) is 5.10. The number of hydrogen-bond donors (Lipinski definition) is 1. The molecule has 2 saturated carbocycles. The molecule has 2 fully saturated rings. The van der Waals surface area contributed by atoms with Crippen LogP contribution in [0.5, 0.6) is 0 Å². The Morgan fingerprint density at radius 2 is 1.57 bits per heavy atom. The molecule has 86 valence electrons. The summed E-state index contributed by atoms with van der Waals surface area (Å²) >= 11 is 0. The summed E-state index contributed by atoms with van der Waals surface area (Å²) in [6.45, 7) is 5.03. The average molecular weight is 201 g/mol. The van der Waals surface area contributed by atoms with Gasteiger partial charge in [-0.1, -0.05) is 39.5 Å². The van der Waals surface area contributed by atoms with E-state index in [1.165, 1.54) is 44.9 Å². The number of rotatable bonds is 1. The van der Waals surface area contributed by atoms with Crippen molar-refractivity contribution in [1.29, 1.82) is 0 Å². The van der Waals surface area contributed by atoms with Gasteiger partial charge in [0.25, 0.3) is 0 Å². The van der Waals surface area contributed by atoms with Crippen molar-refractivity contribution < 1.29 is 5.48 Å². The molecule has 2 nitrogen and oxygen atoms in total. The Balaban J connectivity index is 0.000000845. The minimum atomic E-state index is 0. The number of hydrogen-bond acceptors (Lipinski definition) is 1. The van der Waals surface area contributed by atoms with E-state index < -0.39 is 0 Å². The molecule has 0 aliphatic heterocycles. The van der Waals surface area contributed by atoms with E-state index in [4.69, 9.17) is 0 Å². The third-order valence-corrected chi connectivity index (χ3v) is 4.77. The largest absolute Gasteiger partial charge is 0.412 e. The fourth-order valence-electron chi connectivity index (χ4n) is 3.56. The van der Waals surface area contributed by atoms with Crippen LogP contribution in [0.4, 0.5) is 0 Å². The molecule has 0 aromatic carbocycles. The van der Waals surface area contributed by atoms with Crippen LogP contribution in [0.15, 0.2) is 0 Å². The third kappa shape index (κ3) is 2.12. The van der Waals surface area contributed by atoms with E-state index in [1.54, 1.807) is 0 Å². The molecule has 2 aliphatic rings. The highest BCUT2D eigenvalue weighted by Crippen LogP contribution is 2.53. The Morgan fingerprint density at radius 1 is 1.00 bits per heavy atom. The van der Waals surface area contributed by atoms with Crippen molar-refractivity contribution in [3.8, 4) is 0 Å². The van der Waals surface area contributed by atoms with E-state index in [-0.39, 0.29) is 11.6 Å². The Hall–Kier alpha value is -0.0800. The van der Waals surface area contributed by atoms with Crippen LogP contribution in [-0.4, -0.2) is 5.48 Å². The van der Waals surface area contributed by atoms with E-state index in [0.29, 0.717) is 0 Å². The molecule has 5 N–H and O–H groups in total. The van der Waals surface area contributed by atoms with Crippen LogP contribution in [-0.2, 0) is 0 Å². The Morgan fingerprint density at radius 3 is 2.00 bits per heavy atom. The lowest BCUT2D eigenvalue weighted by Crippen LogP contribution is -2.27. The van der Waals surface area contributed by atoms with Crippen LogP contribution in [0.1, 0.15) is 58.8 Å². The highest BCUT2D eigenvalue weighted by Gasteiger charge is 2.42. The predicted molar refractivity (Wildman–Crippen MR) is 61.7 cm³/mol. The summed E-state index contributed by atoms with van der Waals surface area (Å²) in [5, 5.41) is 0. The van der Waals surface area contributed by atoms with Crippen molar-refractivity contribution in [3.63, 3.8) is 0 Å². The van der Waals surface area contributed by atoms with Gasteiger partial charge >= 0.3 is 0 Å². The minimum Gasteiger partial charge on any atom is -0.412 e. The first-order chi connectivity index (χ1) is 5.73. The fraction of sp³-hybridized carbons (Fsp3) is 1.00. The smallest absolute Gasteiger partial charge is 0.0272 e. The second-order valence-corrected chi connectivity index (χ2v) is 5.28. The summed E-state index contributed by atoms with van der Waals surface area (Å²) in [5.41, 5.74) is 0.733. The second kappa shape index (κ2) is 5.13. The standard InChI is InChI=1S/C12H22.H3N.H2O/c1-10-6-5-9-12(10,2)11-7-3-4-8-11;;/h10-11H,3-9H2,1-2H3;1H3;1H2. The summed E-state index contributed by atoms with van der Waals surface area (Å²) in [7, 11) is 0. The molecule has 0 radical (unpaired) electrons. The molecule has 0 aromatic heterocycles. The molecule has 0 amide bonds. The van der Waals surface area contributed by atoms with Gasteiger partial charge in [0.2, 0.25) is 0 Å². The van der Waals surface area contributed by atoms with Gasteiger partial charge in [0, 0.05) is 0 Å². The van der Waals surface area contributed by atoms with Crippen LogP contribution >= 0.6 is 0 Å². The molecule has 0 saturated heterocycles. The molecular weight excluding hydrogens is 174 g/mol. The van der Waals surface area contributed by atoms with Gasteiger partial charge in [0.15, 0.2) is 0 Å². The van der Waals surface area contributed by atoms with Crippen LogP contribution in [0, 0.1) is 17.3 Å². The SMILES string of the molecule is CC1CCCC1(C)C1CCCC1.N.O. The molecule has 2 heteroatoms. The van der Waals surface area contributed by atoms with Crippen molar-refractivity contribution >= 4 is 0 Å². The van der Waals surface area contributed by atoms with Crippen LogP contribution in [0.25, 0.3) is 0 Å².